The van der Waals surface area contributed by atoms with Crippen LogP contribution in [0.15, 0.2) is 26.2 Å². The number of nitrogen functional groups attached to an aromatic ring is 1. The first-order valence-corrected chi connectivity index (χ1v) is 8.59. The second kappa shape index (κ2) is 7.21. The maximum atomic E-state index is 12.1. The van der Waals surface area contributed by atoms with E-state index in [1.165, 1.54) is 6.21 Å². The lowest BCUT2D eigenvalue weighted by Gasteiger charge is -2.03. The summed E-state index contributed by atoms with van der Waals surface area (Å²) in [5.74, 6) is -0.340. The van der Waals surface area contributed by atoms with Crippen molar-refractivity contribution in [3.63, 3.8) is 0 Å². The molecule has 4 N–H and O–H groups in total. The van der Waals surface area contributed by atoms with Gasteiger partial charge in [0, 0.05) is 10.0 Å². The number of hydrazone groups is 1. The predicted octanol–water partition coefficient (Wildman–Crippen LogP) is 3.28. The van der Waals surface area contributed by atoms with E-state index in [4.69, 9.17) is 5.73 Å². The first-order valence-electron chi connectivity index (χ1n) is 6.19. The molecule has 22 heavy (non-hydrogen) atoms. The minimum Gasteiger partial charge on any atom is -0.506 e. The molecule has 0 radical (unpaired) electrons. The fraction of sp³-hybridized carbons (Fsp3) is 0.154. The number of carbonyl (C=O) groups is 1. The van der Waals surface area contributed by atoms with Crippen molar-refractivity contribution < 1.29 is 9.90 Å². The van der Waals surface area contributed by atoms with Gasteiger partial charge in [-0.15, -0.1) is 0 Å². The van der Waals surface area contributed by atoms with Crippen LogP contribution in [0.5, 0.6) is 5.75 Å². The first-order chi connectivity index (χ1) is 10.4. The molecule has 0 aliphatic heterocycles. The van der Waals surface area contributed by atoms with Crippen LogP contribution < -0.4 is 11.2 Å². The second-order valence-corrected chi connectivity index (χ2v) is 7.01. The maximum absolute atomic E-state index is 12.1. The molecule has 6 nitrogen and oxygen atoms in total. The number of carbonyl (C=O) groups excluding carboxylic acids is 1. The molecule has 9 heteroatoms. The molecule has 0 saturated heterocycles. The van der Waals surface area contributed by atoms with Crippen LogP contribution in [0.1, 0.15) is 27.9 Å². The highest BCUT2D eigenvalue weighted by molar-refractivity contribution is 9.11. The molecule has 2 rings (SSSR count). The van der Waals surface area contributed by atoms with Crippen LogP contribution >= 0.6 is 43.2 Å². The van der Waals surface area contributed by atoms with Gasteiger partial charge >= 0.3 is 0 Å². The van der Waals surface area contributed by atoms with Gasteiger partial charge in [-0.05, 0) is 34.5 Å². The number of phenolic OH excluding ortho intramolecular Hbond substituents is 1. The maximum Gasteiger partial charge on any atom is 0.283 e. The van der Waals surface area contributed by atoms with E-state index in [1.807, 2.05) is 6.92 Å². The molecular formula is C13H12Br2N4O2S. The zero-order chi connectivity index (χ0) is 16.3. The largest absolute Gasteiger partial charge is 0.506 e. The summed E-state index contributed by atoms with van der Waals surface area (Å²) >= 11 is 7.66. The number of rotatable bonds is 4. The Kier molecular flexibility index (Phi) is 5.54. The Morgan fingerprint density at radius 2 is 2.27 bits per heavy atom. The molecule has 2 aromatic rings. The molecule has 0 fully saturated rings. The average molecular weight is 448 g/mol. The molecule has 0 saturated carbocycles. The average Bonchev–Trinajstić information content (AvgIpc) is 2.85. The van der Waals surface area contributed by atoms with Crippen LogP contribution in [0.2, 0.25) is 0 Å². The number of thiazole rings is 1. The number of hydrogen-bond acceptors (Lipinski definition) is 6. The fourth-order valence-electron chi connectivity index (χ4n) is 1.68. The van der Waals surface area contributed by atoms with Gasteiger partial charge in [0.15, 0.2) is 5.13 Å². The van der Waals surface area contributed by atoms with Gasteiger partial charge in [0.2, 0.25) is 0 Å². The van der Waals surface area contributed by atoms with Crippen molar-refractivity contribution in [3.8, 4) is 5.75 Å². The van der Waals surface area contributed by atoms with Gasteiger partial charge in [-0.1, -0.05) is 34.2 Å². The summed E-state index contributed by atoms with van der Waals surface area (Å²) in [5.41, 5.74) is 9.12. The number of halogens is 2. The molecule has 1 heterocycles. The lowest BCUT2D eigenvalue weighted by atomic mass is 10.2. The number of aromatic hydroxyl groups is 1. The quantitative estimate of drug-likeness (QED) is 0.494. The number of anilines is 1. The van der Waals surface area contributed by atoms with Crippen molar-refractivity contribution in [1.82, 2.24) is 10.4 Å². The Labute approximate surface area is 147 Å². The monoisotopic (exact) mass is 446 g/mol. The van der Waals surface area contributed by atoms with Crippen LogP contribution in [-0.2, 0) is 6.42 Å². The van der Waals surface area contributed by atoms with E-state index in [9.17, 15) is 9.90 Å². The summed E-state index contributed by atoms with van der Waals surface area (Å²) < 4.78 is 1.30. The van der Waals surface area contributed by atoms with E-state index in [0.29, 0.717) is 32.2 Å². The van der Waals surface area contributed by atoms with Gasteiger partial charge in [-0.2, -0.15) is 5.10 Å². The van der Waals surface area contributed by atoms with Crippen LogP contribution in [0.3, 0.4) is 0 Å². The highest BCUT2D eigenvalue weighted by Crippen LogP contribution is 2.30. The summed E-state index contributed by atoms with van der Waals surface area (Å²) in [5, 5.41) is 14.1. The van der Waals surface area contributed by atoms with Crippen molar-refractivity contribution in [2.75, 3.05) is 5.73 Å². The SMILES string of the molecule is CCc1nc(N)sc1C(=O)NN=Cc1cc(Br)cc(Br)c1O. The van der Waals surface area contributed by atoms with Crippen LogP contribution in [-0.4, -0.2) is 22.2 Å². The summed E-state index contributed by atoms with van der Waals surface area (Å²) in [6, 6.07) is 3.39. The zero-order valence-corrected chi connectivity index (χ0v) is 15.4. The third-order valence-electron chi connectivity index (χ3n) is 2.68. The minimum atomic E-state index is -0.379. The van der Waals surface area contributed by atoms with Gasteiger partial charge in [0.1, 0.15) is 10.6 Å². The smallest absolute Gasteiger partial charge is 0.283 e. The van der Waals surface area contributed by atoms with E-state index in [1.54, 1.807) is 12.1 Å². The third kappa shape index (κ3) is 3.84. The molecule has 0 spiro atoms. The normalized spacial score (nSPS) is 11.0. The molecule has 0 unspecified atom stereocenters. The Bertz CT molecular complexity index is 746. The van der Waals surface area contributed by atoms with E-state index >= 15 is 0 Å². The zero-order valence-electron chi connectivity index (χ0n) is 11.4. The van der Waals surface area contributed by atoms with E-state index in [-0.39, 0.29) is 11.7 Å². The number of nitrogens with two attached hydrogens (primary N) is 1. The summed E-state index contributed by atoms with van der Waals surface area (Å²) in [4.78, 5) is 16.6. The van der Waals surface area contributed by atoms with Crippen LogP contribution in [0.4, 0.5) is 5.13 Å². The van der Waals surface area contributed by atoms with E-state index in [2.05, 4.69) is 47.4 Å². The van der Waals surface area contributed by atoms with Crippen molar-refractivity contribution in [2.45, 2.75) is 13.3 Å². The number of aromatic nitrogens is 1. The molecule has 116 valence electrons. The van der Waals surface area contributed by atoms with Crippen molar-refractivity contribution >= 4 is 60.5 Å². The van der Waals surface area contributed by atoms with Crippen LogP contribution in [0.25, 0.3) is 0 Å². The Hall–Kier alpha value is -1.45. The molecule has 0 bridgehead atoms. The molecule has 0 aliphatic carbocycles. The van der Waals surface area contributed by atoms with Gasteiger partial charge in [0.05, 0.1) is 16.4 Å². The molecule has 1 amide bonds. The standard InChI is InChI=1S/C13H12Br2N4O2S/c1-2-9-11(22-13(16)18-9)12(21)19-17-5-6-3-7(14)4-8(15)10(6)20/h3-5,20H,2H2,1H3,(H2,16,18)(H,19,21). The number of nitrogens with one attached hydrogen (secondary N) is 1. The summed E-state index contributed by atoms with van der Waals surface area (Å²) in [6.07, 6.45) is 1.97. The number of nitrogens with zero attached hydrogens (tertiary/aromatic N) is 2. The lowest BCUT2D eigenvalue weighted by molar-refractivity contribution is 0.0958. The van der Waals surface area contributed by atoms with Gasteiger partial charge in [-0.25, -0.2) is 10.4 Å². The Morgan fingerprint density at radius 1 is 1.55 bits per heavy atom. The fourth-order valence-corrected chi connectivity index (χ4v) is 3.75. The molecule has 0 aliphatic rings. The topological polar surface area (TPSA) is 101 Å². The number of hydrogen-bond donors (Lipinski definition) is 3. The molecule has 1 aromatic carbocycles. The van der Waals surface area contributed by atoms with Crippen molar-refractivity contribution in [1.29, 1.82) is 0 Å². The van der Waals surface area contributed by atoms with Gasteiger partial charge < -0.3 is 10.8 Å². The first kappa shape index (κ1) is 16.9. The number of aryl methyl sites for hydroxylation is 1. The minimum absolute atomic E-state index is 0.0393. The molecule has 1 aromatic heterocycles. The Balaban J connectivity index is 2.14. The highest BCUT2D eigenvalue weighted by Gasteiger charge is 2.15. The number of phenols is 1. The van der Waals surface area contributed by atoms with Crippen molar-refractivity contribution in [2.24, 2.45) is 5.10 Å². The molecular weight excluding hydrogens is 436 g/mol. The second-order valence-electron chi connectivity index (χ2n) is 4.21. The van der Waals surface area contributed by atoms with Crippen LogP contribution in [0, 0.1) is 0 Å². The van der Waals surface area contributed by atoms with E-state index in [0.717, 1.165) is 15.8 Å². The van der Waals surface area contributed by atoms with E-state index < -0.39 is 0 Å². The number of benzene rings is 1. The molecule has 0 atom stereocenters. The summed E-state index contributed by atoms with van der Waals surface area (Å²) in [7, 11) is 0. The predicted molar refractivity (Wildman–Crippen MR) is 94.5 cm³/mol. The van der Waals surface area contributed by atoms with Gasteiger partial charge in [0.25, 0.3) is 5.91 Å². The lowest BCUT2D eigenvalue weighted by Crippen LogP contribution is -2.17. The van der Waals surface area contributed by atoms with Crippen molar-refractivity contribution in [3.05, 3.63) is 37.2 Å². The number of amides is 1. The highest BCUT2D eigenvalue weighted by atomic mass is 79.9. The third-order valence-corrected chi connectivity index (χ3v) is 4.67. The Morgan fingerprint density at radius 3 is 2.95 bits per heavy atom. The van der Waals surface area contributed by atoms with Gasteiger partial charge in [-0.3, -0.25) is 4.79 Å². The summed E-state index contributed by atoms with van der Waals surface area (Å²) in [6.45, 7) is 1.89.